The van der Waals surface area contributed by atoms with Crippen LogP contribution < -0.4 is 0 Å². The molecule has 1 aliphatic rings. The number of carbonyl (C=O) groups is 2. The van der Waals surface area contributed by atoms with Crippen molar-refractivity contribution in [3.8, 4) is 0 Å². The monoisotopic (exact) mass is 400 g/mol. The first-order valence-electron chi connectivity index (χ1n) is 9.52. The fourth-order valence-electron chi connectivity index (χ4n) is 2.94. The molecule has 1 heterocycles. The van der Waals surface area contributed by atoms with Gasteiger partial charge in [0.15, 0.2) is 6.29 Å². The van der Waals surface area contributed by atoms with Gasteiger partial charge >= 0.3 is 11.9 Å². The Hall–Kier alpha value is -2.70. The average molecular weight is 400 g/mol. The molecular weight excluding hydrogens is 372 g/mol. The molecule has 0 aromatic heterocycles. The molecule has 0 bridgehead atoms. The molecule has 1 aliphatic heterocycles. The van der Waals surface area contributed by atoms with E-state index in [-0.39, 0.29) is 25.0 Å². The predicted molar refractivity (Wildman–Crippen MR) is 109 cm³/mol. The summed E-state index contributed by atoms with van der Waals surface area (Å²) in [5, 5.41) is 8.48. The number of hydrogen-bond acceptors (Lipinski definition) is 5. The molecule has 0 aliphatic carbocycles. The Morgan fingerprint density at radius 2 is 1.52 bits per heavy atom. The normalized spacial score (nSPS) is 20.5. The van der Waals surface area contributed by atoms with Crippen molar-refractivity contribution in [3.63, 3.8) is 0 Å². The molecule has 6 nitrogen and oxygen atoms in total. The first-order chi connectivity index (χ1) is 13.8. The van der Waals surface area contributed by atoms with Gasteiger partial charge in [0, 0.05) is 13.0 Å². The summed E-state index contributed by atoms with van der Waals surface area (Å²) in [6.45, 7) is 6.24. The van der Waals surface area contributed by atoms with E-state index in [2.05, 4.69) is 6.92 Å². The lowest BCUT2D eigenvalue weighted by molar-refractivity contribution is -0.136. The summed E-state index contributed by atoms with van der Waals surface area (Å²) in [4.78, 5) is 22.1. The number of carboxylic acids is 1. The Morgan fingerprint density at radius 1 is 1.00 bits per heavy atom. The molecule has 29 heavy (non-hydrogen) atoms. The Labute approximate surface area is 171 Å². The fraction of sp³-hybridized carbons (Fsp3) is 0.391. The molecule has 2 aromatic carbocycles. The predicted octanol–water partition coefficient (Wildman–Crippen LogP) is 4.24. The van der Waals surface area contributed by atoms with Gasteiger partial charge in [-0.2, -0.15) is 0 Å². The lowest BCUT2D eigenvalue weighted by Gasteiger charge is -2.13. The van der Waals surface area contributed by atoms with E-state index >= 15 is 0 Å². The van der Waals surface area contributed by atoms with Crippen molar-refractivity contribution in [2.75, 3.05) is 13.7 Å². The minimum absolute atomic E-state index is 0.0747. The van der Waals surface area contributed by atoms with Crippen LogP contribution in [0.3, 0.4) is 0 Å². The smallest absolute Gasteiger partial charge is 0.338 e. The van der Waals surface area contributed by atoms with Crippen molar-refractivity contribution in [1.29, 1.82) is 0 Å². The van der Waals surface area contributed by atoms with Crippen molar-refractivity contribution >= 4 is 11.9 Å². The Kier molecular flexibility index (Phi) is 8.36. The van der Waals surface area contributed by atoms with Crippen molar-refractivity contribution in [2.45, 2.75) is 39.6 Å². The molecule has 6 heteroatoms. The highest BCUT2D eigenvalue weighted by molar-refractivity contribution is 5.89. The number of aryl methyl sites for hydroxylation is 2. The highest BCUT2D eigenvalue weighted by Gasteiger charge is 2.32. The van der Waals surface area contributed by atoms with Crippen molar-refractivity contribution < 1.29 is 28.9 Å². The highest BCUT2D eigenvalue weighted by atomic mass is 16.7. The van der Waals surface area contributed by atoms with E-state index in [9.17, 15) is 9.59 Å². The van der Waals surface area contributed by atoms with Gasteiger partial charge in [-0.05, 0) is 44.5 Å². The van der Waals surface area contributed by atoms with Gasteiger partial charge in [0.1, 0.15) is 6.61 Å². The number of esters is 1. The van der Waals surface area contributed by atoms with Crippen LogP contribution in [0.15, 0.2) is 48.5 Å². The molecule has 1 N–H and O–H groups in total. The molecule has 0 radical (unpaired) electrons. The number of carbonyl (C=O) groups excluding carboxylic acids is 1. The van der Waals surface area contributed by atoms with E-state index < -0.39 is 5.97 Å². The van der Waals surface area contributed by atoms with Gasteiger partial charge in [0.2, 0.25) is 0 Å². The lowest BCUT2D eigenvalue weighted by Crippen LogP contribution is -2.20. The molecule has 3 rings (SSSR count). The third-order valence-electron chi connectivity index (χ3n) is 4.64. The van der Waals surface area contributed by atoms with E-state index in [4.69, 9.17) is 19.3 Å². The van der Waals surface area contributed by atoms with Crippen LogP contribution in [0.4, 0.5) is 0 Å². The summed E-state index contributed by atoms with van der Waals surface area (Å²) in [6.07, 6.45) is 0.581. The van der Waals surface area contributed by atoms with Gasteiger partial charge < -0.3 is 19.3 Å². The maximum absolute atomic E-state index is 11.8. The van der Waals surface area contributed by atoms with Crippen molar-refractivity contribution in [2.24, 2.45) is 5.92 Å². The first kappa shape index (κ1) is 22.6. The van der Waals surface area contributed by atoms with Crippen LogP contribution in [0.2, 0.25) is 0 Å². The second-order valence-electron chi connectivity index (χ2n) is 7.21. The summed E-state index contributed by atoms with van der Waals surface area (Å²) < 4.78 is 16.1. The Bertz CT molecular complexity index is 797. The standard InChI is InChI=1S/C15H20O4.C8H8O2/c1-10-4-6-12(7-5-10)14(16)18-9-13-8-11(2)15(17-3)19-13;1-6-2-4-7(5-3-6)8(9)10/h4-7,11,13,15H,8-9H2,1-3H3;2-5H,1H3,(H,9,10). The van der Waals surface area contributed by atoms with Gasteiger partial charge in [0.05, 0.1) is 17.2 Å². The zero-order chi connectivity index (χ0) is 21.4. The van der Waals surface area contributed by atoms with Crippen LogP contribution in [0.1, 0.15) is 45.2 Å². The number of ether oxygens (including phenoxy) is 3. The largest absolute Gasteiger partial charge is 0.478 e. The highest BCUT2D eigenvalue weighted by Crippen LogP contribution is 2.26. The lowest BCUT2D eigenvalue weighted by atomic mass is 10.1. The summed E-state index contributed by atoms with van der Waals surface area (Å²) in [5.74, 6) is -0.856. The first-order valence-corrected chi connectivity index (χ1v) is 9.52. The van der Waals surface area contributed by atoms with Crippen LogP contribution in [0, 0.1) is 19.8 Å². The van der Waals surface area contributed by atoms with Gasteiger partial charge in [-0.3, -0.25) is 0 Å². The third-order valence-corrected chi connectivity index (χ3v) is 4.64. The van der Waals surface area contributed by atoms with Crippen molar-refractivity contribution in [3.05, 3.63) is 70.8 Å². The molecule has 2 aromatic rings. The maximum atomic E-state index is 11.8. The maximum Gasteiger partial charge on any atom is 0.338 e. The minimum atomic E-state index is -0.875. The number of methoxy groups -OCH3 is 1. The Balaban J connectivity index is 0.000000253. The van der Waals surface area contributed by atoms with Gasteiger partial charge in [-0.1, -0.05) is 42.3 Å². The number of rotatable bonds is 5. The number of hydrogen-bond donors (Lipinski definition) is 1. The van der Waals surface area contributed by atoms with Crippen LogP contribution >= 0.6 is 0 Å². The molecule has 3 unspecified atom stereocenters. The zero-order valence-corrected chi connectivity index (χ0v) is 17.3. The molecule has 156 valence electrons. The fourth-order valence-corrected chi connectivity index (χ4v) is 2.94. The van der Waals surface area contributed by atoms with Crippen LogP contribution in [0.5, 0.6) is 0 Å². The van der Waals surface area contributed by atoms with E-state index in [1.807, 2.05) is 26.0 Å². The minimum Gasteiger partial charge on any atom is -0.478 e. The SMILES string of the molecule is COC1OC(COC(=O)c2ccc(C)cc2)CC1C.Cc1ccc(C(=O)O)cc1. The quantitative estimate of drug-likeness (QED) is 0.756. The van der Waals surface area contributed by atoms with Gasteiger partial charge in [-0.15, -0.1) is 0 Å². The number of benzene rings is 2. The van der Waals surface area contributed by atoms with Crippen LogP contribution in [0.25, 0.3) is 0 Å². The zero-order valence-electron chi connectivity index (χ0n) is 17.3. The molecule has 3 atom stereocenters. The molecule has 0 amide bonds. The summed E-state index contributed by atoms with van der Waals surface area (Å²) >= 11 is 0. The van der Waals surface area contributed by atoms with Gasteiger partial charge in [0.25, 0.3) is 0 Å². The van der Waals surface area contributed by atoms with Crippen molar-refractivity contribution in [1.82, 2.24) is 0 Å². The van der Waals surface area contributed by atoms with Gasteiger partial charge in [-0.25, -0.2) is 9.59 Å². The van der Waals surface area contributed by atoms with E-state index in [1.165, 1.54) is 0 Å². The molecule has 1 fully saturated rings. The van der Waals surface area contributed by atoms with E-state index in [1.54, 1.807) is 43.5 Å². The molecular formula is C23H28O6. The molecule has 0 saturated carbocycles. The second kappa shape index (κ2) is 10.7. The molecule has 1 saturated heterocycles. The third kappa shape index (κ3) is 7.00. The average Bonchev–Trinajstić information content (AvgIpc) is 3.07. The Morgan fingerprint density at radius 3 is 1.97 bits per heavy atom. The summed E-state index contributed by atoms with van der Waals surface area (Å²) in [7, 11) is 1.63. The van der Waals surface area contributed by atoms with Crippen LogP contribution in [-0.2, 0) is 14.2 Å². The second-order valence-corrected chi connectivity index (χ2v) is 7.21. The number of carboxylic acid groups (broad SMARTS) is 1. The van der Waals surface area contributed by atoms with E-state index in [0.29, 0.717) is 17.0 Å². The number of aromatic carboxylic acids is 1. The summed E-state index contributed by atoms with van der Waals surface area (Å²) in [5.41, 5.74) is 3.10. The molecule has 0 spiro atoms. The summed E-state index contributed by atoms with van der Waals surface area (Å²) in [6, 6.07) is 14.1. The van der Waals surface area contributed by atoms with E-state index in [0.717, 1.165) is 17.5 Å². The van der Waals surface area contributed by atoms with Crippen LogP contribution in [-0.4, -0.2) is 43.2 Å². The topological polar surface area (TPSA) is 82.1 Å².